The number of hydrogen-bond acceptors (Lipinski definition) is 4. The molecule has 1 aromatic heterocycles. The van der Waals surface area contributed by atoms with E-state index in [0.29, 0.717) is 19.4 Å². The monoisotopic (exact) mass is 337 g/mol. The quantitative estimate of drug-likeness (QED) is 0.859. The molecule has 0 unspecified atom stereocenters. The van der Waals surface area contributed by atoms with Crippen LogP contribution < -0.4 is 4.74 Å². The van der Waals surface area contributed by atoms with Crippen molar-refractivity contribution in [3.63, 3.8) is 0 Å². The molecule has 2 aromatic rings. The van der Waals surface area contributed by atoms with Gasteiger partial charge in [0.2, 0.25) is 0 Å². The summed E-state index contributed by atoms with van der Waals surface area (Å²) in [7, 11) is 0. The maximum atomic E-state index is 11.6. The van der Waals surface area contributed by atoms with E-state index in [9.17, 15) is 4.79 Å². The summed E-state index contributed by atoms with van der Waals surface area (Å²) in [5.41, 5.74) is 4.95. The van der Waals surface area contributed by atoms with E-state index in [4.69, 9.17) is 4.74 Å². The van der Waals surface area contributed by atoms with E-state index < -0.39 is 0 Å². The van der Waals surface area contributed by atoms with Crippen LogP contribution in [0.3, 0.4) is 0 Å². The Morgan fingerprint density at radius 1 is 1.37 bits per heavy atom. The van der Waals surface area contributed by atoms with E-state index in [1.807, 2.05) is 11.4 Å². The molecule has 3 rings (SSSR count). The van der Waals surface area contributed by atoms with Gasteiger partial charge in [0, 0.05) is 28.3 Å². The molecule has 0 bridgehead atoms. The van der Waals surface area contributed by atoms with Crippen LogP contribution in [0, 0.1) is 0 Å². The van der Waals surface area contributed by atoms with Gasteiger partial charge in [0.1, 0.15) is 18.1 Å². The third kappa shape index (κ3) is 2.87. The largest absolute Gasteiger partial charge is 0.487 e. The molecule has 1 aromatic carbocycles. The highest BCUT2D eigenvalue weighted by Crippen LogP contribution is 2.32. The molecule has 0 aliphatic heterocycles. The molecule has 0 spiro atoms. The van der Waals surface area contributed by atoms with Crippen LogP contribution in [0.1, 0.15) is 23.2 Å². The highest BCUT2D eigenvalue weighted by molar-refractivity contribution is 9.10. The van der Waals surface area contributed by atoms with Gasteiger partial charge in [-0.3, -0.25) is 4.79 Å². The molecule has 1 heterocycles. The summed E-state index contributed by atoms with van der Waals surface area (Å²) in [6.45, 7) is 0.445. The molecule has 1 aliphatic rings. The highest BCUT2D eigenvalue weighted by atomic mass is 79.9. The summed E-state index contributed by atoms with van der Waals surface area (Å²) in [6.07, 6.45) is 1.92. The number of nitrogens with zero attached hydrogens (tertiary/aromatic N) is 1. The number of halogens is 1. The van der Waals surface area contributed by atoms with E-state index in [1.165, 1.54) is 5.56 Å². The fourth-order valence-corrected chi connectivity index (χ4v) is 3.27. The molecule has 19 heavy (non-hydrogen) atoms. The second kappa shape index (κ2) is 5.43. The zero-order chi connectivity index (χ0) is 13.2. The molecule has 98 valence electrons. The van der Waals surface area contributed by atoms with Gasteiger partial charge in [-0.2, -0.15) is 0 Å². The van der Waals surface area contributed by atoms with Crippen molar-refractivity contribution in [3.05, 3.63) is 44.3 Å². The number of benzene rings is 1. The molecule has 0 saturated heterocycles. The number of ketones is 1. The number of carbonyl (C=O) groups is 1. The van der Waals surface area contributed by atoms with Crippen molar-refractivity contribution in [2.24, 2.45) is 0 Å². The smallest absolute Gasteiger partial charge is 0.137 e. The standard InChI is InChI=1S/C14H12BrNO2S/c15-10-3-9-1-2-12(17)5-13(9)14(4-10)18-6-11-7-19-8-16-11/h3-4,7-8H,1-2,5-6H2. The second-order valence-electron chi connectivity index (χ2n) is 4.53. The number of aryl methyl sites for hydroxylation is 1. The highest BCUT2D eigenvalue weighted by Gasteiger charge is 2.20. The second-order valence-corrected chi connectivity index (χ2v) is 6.16. The lowest BCUT2D eigenvalue weighted by Crippen LogP contribution is -2.15. The Morgan fingerprint density at radius 2 is 2.26 bits per heavy atom. The number of aromatic nitrogens is 1. The summed E-state index contributed by atoms with van der Waals surface area (Å²) in [4.78, 5) is 15.8. The van der Waals surface area contributed by atoms with Gasteiger partial charge >= 0.3 is 0 Å². The molecule has 1 aliphatic carbocycles. The fourth-order valence-electron chi connectivity index (χ4n) is 2.24. The van der Waals surface area contributed by atoms with Gasteiger partial charge in [0.25, 0.3) is 0 Å². The first kappa shape index (κ1) is 12.8. The van der Waals surface area contributed by atoms with Gasteiger partial charge in [-0.1, -0.05) is 15.9 Å². The van der Waals surface area contributed by atoms with Crippen molar-refractivity contribution in [2.45, 2.75) is 25.9 Å². The summed E-state index contributed by atoms with van der Waals surface area (Å²) >= 11 is 5.05. The zero-order valence-electron chi connectivity index (χ0n) is 10.2. The molecule has 0 atom stereocenters. The van der Waals surface area contributed by atoms with E-state index in [0.717, 1.165) is 27.9 Å². The van der Waals surface area contributed by atoms with Crippen LogP contribution in [-0.4, -0.2) is 10.8 Å². The fraction of sp³-hybridized carbons (Fsp3) is 0.286. The van der Waals surface area contributed by atoms with Gasteiger partial charge < -0.3 is 4.74 Å². The topological polar surface area (TPSA) is 39.2 Å². The van der Waals surface area contributed by atoms with Gasteiger partial charge in [-0.15, -0.1) is 11.3 Å². The summed E-state index contributed by atoms with van der Waals surface area (Å²) in [5, 5.41) is 1.97. The number of Topliss-reactive ketones (excluding diaryl/α,β-unsaturated/α-hetero) is 1. The van der Waals surface area contributed by atoms with E-state index >= 15 is 0 Å². The Labute approximate surface area is 123 Å². The molecule has 0 radical (unpaired) electrons. The average molecular weight is 338 g/mol. The first-order chi connectivity index (χ1) is 9.22. The molecule has 0 fully saturated rings. The minimum absolute atomic E-state index is 0.285. The van der Waals surface area contributed by atoms with E-state index in [2.05, 4.69) is 27.0 Å². The predicted octanol–water partition coefficient (Wildman–Crippen LogP) is 3.54. The van der Waals surface area contributed by atoms with Crippen LogP contribution in [0.25, 0.3) is 0 Å². The SMILES string of the molecule is O=C1CCc2cc(Br)cc(OCc3cscn3)c2C1. The van der Waals surface area contributed by atoms with Crippen LogP contribution in [0.5, 0.6) is 5.75 Å². The van der Waals surface area contributed by atoms with Crippen molar-refractivity contribution in [2.75, 3.05) is 0 Å². The van der Waals surface area contributed by atoms with Crippen LogP contribution >= 0.6 is 27.3 Å². The van der Waals surface area contributed by atoms with Gasteiger partial charge in [0.15, 0.2) is 0 Å². The van der Waals surface area contributed by atoms with Crippen molar-refractivity contribution in [3.8, 4) is 5.75 Å². The summed E-state index contributed by atoms with van der Waals surface area (Å²) < 4.78 is 6.83. The Kier molecular flexibility index (Phi) is 3.66. The molecule has 0 N–H and O–H groups in total. The number of rotatable bonds is 3. The van der Waals surface area contributed by atoms with Crippen molar-refractivity contribution in [1.82, 2.24) is 4.98 Å². The normalized spacial score (nSPS) is 14.3. The third-order valence-corrected chi connectivity index (χ3v) is 4.27. The lowest BCUT2D eigenvalue weighted by Gasteiger charge is -2.19. The van der Waals surface area contributed by atoms with Gasteiger partial charge in [0.05, 0.1) is 11.2 Å². The maximum Gasteiger partial charge on any atom is 0.137 e. The molecule has 0 amide bonds. The van der Waals surface area contributed by atoms with Crippen LogP contribution in [0.2, 0.25) is 0 Å². The van der Waals surface area contributed by atoms with Crippen molar-refractivity contribution in [1.29, 1.82) is 0 Å². The van der Waals surface area contributed by atoms with Crippen LogP contribution in [-0.2, 0) is 24.2 Å². The summed E-state index contributed by atoms with van der Waals surface area (Å²) in [6, 6.07) is 4.02. The van der Waals surface area contributed by atoms with Gasteiger partial charge in [-0.05, 0) is 24.1 Å². The number of hydrogen-bond donors (Lipinski definition) is 0. The zero-order valence-corrected chi connectivity index (χ0v) is 12.6. The molecular formula is C14H12BrNO2S. The Bertz CT molecular complexity index is 610. The minimum atomic E-state index is 0.285. The molecule has 3 nitrogen and oxygen atoms in total. The van der Waals surface area contributed by atoms with E-state index in [1.54, 1.807) is 16.8 Å². The van der Waals surface area contributed by atoms with Crippen molar-refractivity contribution >= 4 is 33.0 Å². The average Bonchev–Trinajstić information content (AvgIpc) is 2.89. The van der Waals surface area contributed by atoms with Crippen molar-refractivity contribution < 1.29 is 9.53 Å². The first-order valence-corrected chi connectivity index (χ1v) is 7.79. The molecule has 0 saturated carbocycles. The summed E-state index contributed by atoms with van der Waals surface area (Å²) in [5.74, 6) is 1.08. The van der Waals surface area contributed by atoms with Crippen LogP contribution in [0.15, 0.2) is 27.5 Å². The van der Waals surface area contributed by atoms with E-state index in [-0.39, 0.29) is 5.78 Å². The Balaban J connectivity index is 1.87. The third-order valence-electron chi connectivity index (χ3n) is 3.17. The minimum Gasteiger partial charge on any atom is -0.487 e. The lowest BCUT2D eigenvalue weighted by molar-refractivity contribution is -0.118. The molecule has 5 heteroatoms. The number of ether oxygens (including phenoxy) is 1. The Morgan fingerprint density at radius 3 is 3.05 bits per heavy atom. The van der Waals surface area contributed by atoms with Gasteiger partial charge in [-0.25, -0.2) is 4.98 Å². The maximum absolute atomic E-state index is 11.6. The molecular weight excluding hydrogens is 326 g/mol. The Hall–Kier alpha value is -1.20. The number of fused-ring (bicyclic) bond motifs is 1. The van der Waals surface area contributed by atoms with Crippen LogP contribution in [0.4, 0.5) is 0 Å². The number of thiazole rings is 1. The lowest BCUT2D eigenvalue weighted by atomic mass is 9.90. The number of carbonyl (C=O) groups excluding carboxylic acids is 1. The predicted molar refractivity (Wildman–Crippen MR) is 77.6 cm³/mol. The first-order valence-electron chi connectivity index (χ1n) is 6.05.